The molecule has 0 spiro atoms. The molecule has 1 saturated carbocycles. The Kier molecular flexibility index (Phi) is 4.22. The molecule has 1 fully saturated rings. The third-order valence-electron chi connectivity index (χ3n) is 3.84. The summed E-state index contributed by atoms with van der Waals surface area (Å²) in [5.74, 6) is 1.90. The van der Waals surface area contributed by atoms with Gasteiger partial charge in [-0.3, -0.25) is 4.57 Å². The number of hydrogen-bond donors (Lipinski definition) is 2. The molecule has 1 aromatic rings. The third-order valence-corrected chi connectivity index (χ3v) is 3.84. The van der Waals surface area contributed by atoms with E-state index in [2.05, 4.69) is 33.9 Å². The largest absolute Gasteiger partial charge is 0.355 e. The Balaban J connectivity index is 2.12. The van der Waals surface area contributed by atoms with Gasteiger partial charge in [0, 0.05) is 25.0 Å². The molecule has 0 aromatic carbocycles. The van der Waals surface area contributed by atoms with Crippen LogP contribution in [0.15, 0.2) is 0 Å². The van der Waals surface area contributed by atoms with E-state index in [1.807, 2.05) is 0 Å². The maximum absolute atomic E-state index is 6.50. The van der Waals surface area contributed by atoms with Crippen LogP contribution in [0, 0.1) is 0 Å². The molecule has 2 rings (SSSR count). The number of nitrogens with two attached hydrogens (primary N) is 1. The van der Waals surface area contributed by atoms with Crippen LogP contribution in [-0.2, 0) is 13.0 Å². The molecule has 1 aromatic heterocycles. The Morgan fingerprint density at radius 3 is 2.56 bits per heavy atom. The van der Waals surface area contributed by atoms with Crippen molar-refractivity contribution in [2.75, 3.05) is 11.9 Å². The molecule has 1 aliphatic rings. The van der Waals surface area contributed by atoms with Crippen molar-refractivity contribution in [2.24, 2.45) is 5.73 Å². The smallest absolute Gasteiger partial charge is 0.224 e. The summed E-state index contributed by atoms with van der Waals surface area (Å²) in [6.45, 7) is 5.95. The highest BCUT2D eigenvalue weighted by Crippen LogP contribution is 2.29. The molecule has 0 amide bonds. The lowest BCUT2D eigenvalue weighted by Gasteiger charge is -2.33. The number of rotatable bonds is 5. The molecule has 0 radical (unpaired) electrons. The zero-order chi connectivity index (χ0) is 13.0. The number of aromatic nitrogens is 3. The summed E-state index contributed by atoms with van der Waals surface area (Å²) >= 11 is 0. The molecule has 102 valence electrons. The molecule has 5 nitrogen and oxygen atoms in total. The van der Waals surface area contributed by atoms with E-state index in [4.69, 9.17) is 5.73 Å². The summed E-state index contributed by atoms with van der Waals surface area (Å²) in [4.78, 5) is 0. The lowest BCUT2D eigenvalue weighted by molar-refractivity contribution is 0.287. The van der Waals surface area contributed by atoms with E-state index in [-0.39, 0.29) is 5.54 Å². The van der Waals surface area contributed by atoms with Crippen LogP contribution < -0.4 is 11.1 Å². The highest BCUT2D eigenvalue weighted by molar-refractivity contribution is 5.26. The van der Waals surface area contributed by atoms with E-state index in [1.54, 1.807) is 0 Å². The van der Waals surface area contributed by atoms with E-state index in [9.17, 15) is 0 Å². The molecule has 0 bridgehead atoms. The van der Waals surface area contributed by atoms with Crippen molar-refractivity contribution in [1.82, 2.24) is 14.8 Å². The van der Waals surface area contributed by atoms with Crippen LogP contribution in [0.3, 0.4) is 0 Å². The lowest BCUT2D eigenvalue weighted by atomic mass is 9.80. The van der Waals surface area contributed by atoms with E-state index in [0.717, 1.165) is 44.1 Å². The van der Waals surface area contributed by atoms with E-state index >= 15 is 0 Å². The van der Waals surface area contributed by atoms with Crippen LogP contribution in [-0.4, -0.2) is 26.8 Å². The van der Waals surface area contributed by atoms with Gasteiger partial charge in [-0.2, -0.15) is 0 Å². The monoisotopic (exact) mass is 251 g/mol. The predicted octanol–water partition coefficient (Wildman–Crippen LogP) is 1.93. The first-order valence-electron chi connectivity index (χ1n) is 7.13. The Hall–Kier alpha value is -1.10. The quantitative estimate of drug-likeness (QED) is 0.839. The molecule has 1 aliphatic carbocycles. The average Bonchev–Trinajstić information content (AvgIpc) is 2.72. The van der Waals surface area contributed by atoms with Gasteiger partial charge < -0.3 is 11.1 Å². The first-order valence-corrected chi connectivity index (χ1v) is 7.13. The van der Waals surface area contributed by atoms with Crippen LogP contribution in [0.4, 0.5) is 5.95 Å². The molecular formula is C13H25N5. The molecule has 0 saturated heterocycles. The molecule has 3 N–H and O–H groups in total. The topological polar surface area (TPSA) is 68.8 Å². The summed E-state index contributed by atoms with van der Waals surface area (Å²) in [7, 11) is 0. The van der Waals surface area contributed by atoms with E-state index < -0.39 is 0 Å². The molecule has 0 aliphatic heterocycles. The van der Waals surface area contributed by atoms with Crippen molar-refractivity contribution in [1.29, 1.82) is 0 Å². The molecule has 18 heavy (non-hydrogen) atoms. The van der Waals surface area contributed by atoms with Gasteiger partial charge in [-0.05, 0) is 26.7 Å². The van der Waals surface area contributed by atoms with Gasteiger partial charge in [0.15, 0.2) is 0 Å². The summed E-state index contributed by atoms with van der Waals surface area (Å²) < 4.78 is 2.15. The zero-order valence-electron chi connectivity index (χ0n) is 11.6. The molecular weight excluding hydrogens is 226 g/mol. The minimum absolute atomic E-state index is 0.0678. The van der Waals surface area contributed by atoms with Crippen LogP contribution in [0.25, 0.3) is 0 Å². The van der Waals surface area contributed by atoms with Crippen LogP contribution in [0.5, 0.6) is 0 Å². The third kappa shape index (κ3) is 2.83. The summed E-state index contributed by atoms with van der Waals surface area (Å²) in [5, 5.41) is 11.8. The van der Waals surface area contributed by atoms with Crippen LogP contribution >= 0.6 is 0 Å². The Bertz CT molecular complexity index is 379. The van der Waals surface area contributed by atoms with E-state index in [0.29, 0.717) is 0 Å². The normalized spacial score (nSPS) is 18.8. The average molecular weight is 251 g/mol. The SMILES string of the molecule is CCNc1nnc(CC2(N)CCCCC2)n1CC. The van der Waals surface area contributed by atoms with Crippen molar-refractivity contribution in [3.8, 4) is 0 Å². The summed E-state index contributed by atoms with van der Waals surface area (Å²) in [5.41, 5.74) is 6.43. The van der Waals surface area contributed by atoms with Gasteiger partial charge in [0.05, 0.1) is 0 Å². The van der Waals surface area contributed by atoms with Crippen molar-refractivity contribution >= 4 is 5.95 Å². The fourth-order valence-electron chi connectivity index (χ4n) is 2.83. The zero-order valence-corrected chi connectivity index (χ0v) is 11.6. The second kappa shape index (κ2) is 5.69. The van der Waals surface area contributed by atoms with Gasteiger partial charge >= 0.3 is 0 Å². The van der Waals surface area contributed by atoms with Crippen LogP contribution in [0.1, 0.15) is 51.8 Å². The van der Waals surface area contributed by atoms with Gasteiger partial charge in [0.1, 0.15) is 5.82 Å². The first-order chi connectivity index (χ1) is 8.68. The maximum atomic E-state index is 6.50. The lowest BCUT2D eigenvalue weighted by Crippen LogP contribution is -2.44. The minimum atomic E-state index is -0.0678. The van der Waals surface area contributed by atoms with Crippen LogP contribution in [0.2, 0.25) is 0 Å². The van der Waals surface area contributed by atoms with Gasteiger partial charge in [-0.25, -0.2) is 0 Å². The number of anilines is 1. The second-order valence-corrected chi connectivity index (χ2v) is 5.31. The van der Waals surface area contributed by atoms with Gasteiger partial charge in [0.2, 0.25) is 5.95 Å². The van der Waals surface area contributed by atoms with E-state index in [1.165, 1.54) is 19.3 Å². The fraction of sp³-hybridized carbons (Fsp3) is 0.846. The molecule has 0 unspecified atom stereocenters. The summed E-state index contributed by atoms with van der Waals surface area (Å²) in [6.07, 6.45) is 6.88. The highest BCUT2D eigenvalue weighted by Gasteiger charge is 2.30. The Morgan fingerprint density at radius 2 is 1.94 bits per heavy atom. The maximum Gasteiger partial charge on any atom is 0.224 e. The minimum Gasteiger partial charge on any atom is -0.355 e. The van der Waals surface area contributed by atoms with Crippen molar-refractivity contribution in [3.05, 3.63) is 5.82 Å². The van der Waals surface area contributed by atoms with Gasteiger partial charge in [-0.1, -0.05) is 19.3 Å². The molecule has 5 heteroatoms. The van der Waals surface area contributed by atoms with Crippen molar-refractivity contribution < 1.29 is 0 Å². The highest BCUT2D eigenvalue weighted by atomic mass is 15.3. The molecule has 0 atom stereocenters. The standard InChI is InChI=1S/C13H25N5/c1-3-15-12-17-16-11(18(12)4-2)10-13(14)8-6-5-7-9-13/h3-10,14H2,1-2H3,(H,15,17). The predicted molar refractivity (Wildman–Crippen MR) is 73.6 cm³/mol. The van der Waals surface area contributed by atoms with Crippen molar-refractivity contribution in [3.63, 3.8) is 0 Å². The van der Waals surface area contributed by atoms with Gasteiger partial charge in [-0.15, -0.1) is 10.2 Å². The van der Waals surface area contributed by atoms with Gasteiger partial charge in [0.25, 0.3) is 0 Å². The number of nitrogens with zero attached hydrogens (tertiary/aromatic N) is 3. The molecule has 1 heterocycles. The fourth-order valence-corrected chi connectivity index (χ4v) is 2.83. The first kappa shape index (κ1) is 13.3. The number of hydrogen-bond acceptors (Lipinski definition) is 4. The summed E-state index contributed by atoms with van der Waals surface area (Å²) in [6, 6.07) is 0. The Morgan fingerprint density at radius 1 is 1.22 bits per heavy atom. The number of nitrogens with one attached hydrogen (secondary N) is 1. The van der Waals surface area contributed by atoms with Crippen molar-refractivity contribution in [2.45, 2.75) is 64.5 Å². The second-order valence-electron chi connectivity index (χ2n) is 5.31. The Labute approximate surface area is 109 Å².